The molecule has 1 aromatic carbocycles. The number of carboxylic acids is 1. The third-order valence-electron chi connectivity index (χ3n) is 4.31. The van der Waals surface area contributed by atoms with Crippen molar-refractivity contribution in [1.29, 1.82) is 0 Å². The maximum Gasteiger partial charge on any atom is 0.408 e. The number of para-hydroxylation sites is 1. The van der Waals surface area contributed by atoms with Gasteiger partial charge in [-0.3, -0.25) is 4.79 Å². The number of hydrogen-bond donors (Lipinski definition) is 3. The van der Waals surface area contributed by atoms with Crippen molar-refractivity contribution in [3.63, 3.8) is 0 Å². The van der Waals surface area contributed by atoms with E-state index in [1.54, 1.807) is 0 Å². The van der Waals surface area contributed by atoms with Gasteiger partial charge in [-0.25, -0.2) is 4.79 Å². The molecule has 1 amide bonds. The van der Waals surface area contributed by atoms with Gasteiger partial charge in [0.15, 0.2) is 0 Å². The minimum absolute atomic E-state index is 0.0976. The number of nitrogens with one attached hydrogen (secondary N) is 2. The summed E-state index contributed by atoms with van der Waals surface area (Å²) >= 11 is 0. The molecule has 1 atom stereocenters. The Balaban J connectivity index is 2.38. The number of ether oxygens (including phenoxy) is 1. The normalized spacial score (nSPS) is 12.7. The predicted octanol–water partition coefficient (Wildman–Crippen LogP) is 4.94. The zero-order valence-electron chi connectivity index (χ0n) is 16.6. The number of carbonyl (C=O) groups excluding carboxylic acids is 1. The number of carboxylic acid groups (broad SMARTS) is 1. The van der Waals surface area contributed by atoms with Crippen LogP contribution in [0.2, 0.25) is 0 Å². The fourth-order valence-electron chi connectivity index (χ4n) is 3.20. The standard InChI is InChI=1S/C21H30N2O4/c1-5-6-7-12-17(23-20(26)27-21(2,3)4)19-15(13-18(24)25)14-10-8-9-11-16(14)22-19/h8-11,17,22H,5-7,12-13H2,1-4H3,(H,23,26)(H,24,25). The van der Waals surface area contributed by atoms with Crippen molar-refractivity contribution in [1.82, 2.24) is 10.3 Å². The predicted molar refractivity (Wildman–Crippen MR) is 106 cm³/mol. The van der Waals surface area contributed by atoms with Gasteiger partial charge in [-0.15, -0.1) is 0 Å². The van der Waals surface area contributed by atoms with E-state index in [1.165, 1.54) is 0 Å². The highest BCUT2D eigenvalue weighted by atomic mass is 16.6. The molecule has 0 saturated heterocycles. The SMILES string of the molecule is CCCCCC(NC(=O)OC(C)(C)C)c1[nH]c2ccccc2c1CC(=O)O. The lowest BCUT2D eigenvalue weighted by Gasteiger charge is -2.24. The van der Waals surface area contributed by atoms with Gasteiger partial charge in [0.1, 0.15) is 5.60 Å². The number of hydrogen-bond acceptors (Lipinski definition) is 3. The van der Waals surface area contributed by atoms with Gasteiger partial charge >= 0.3 is 12.1 Å². The van der Waals surface area contributed by atoms with E-state index in [1.807, 2.05) is 45.0 Å². The van der Waals surface area contributed by atoms with Crippen molar-refractivity contribution in [2.45, 2.75) is 71.4 Å². The van der Waals surface area contributed by atoms with Crippen molar-refractivity contribution in [2.24, 2.45) is 0 Å². The molecule has 148 valence electrons. The topological polar surface area (TPSA) is 91.4 Å². The van der Waals surface area contributed by atoms with E-state index in [0.29, 0.717) is 6.42 Å². The maximum absolute atomic E-state index is 12.4. The summed E-state index contributed by atoms with van der Waals surface area (Å²) in [4.78, 5) is 27.1. The Morgan fingerprint density at radius 2 is 1.93 bits per heavy atom. The molecule has 27 heavy (non-hydrogen) atoms. The molecular weight excluding hydrogens is 344 g/mol. The molecule has 3 N–H and O–H groups in total. The van der Waals surface area contributed by atoms with Gasteiger partial charge in [0.25, 0.3) is 0 Å². The van der Waals surface area contributed by atoms with Crippen LogP contribution in [0.25, 0.3) is 10.9 Å². The minimum Gasteiger partial charge on any atom is -0.481 e. The Kier molecular flexibility index (Phi) is 6.88. The molecule has 1 unspecified atom stereocenters. The summed E-state index contributed by atoms with van der Waals surface area (Å²) in [6.07, 6.45) is 3.16. The van der Waals surface area contributed by atoms with Gasteiger partial charge in [-0.1, -0.05) is 44.4 Å². The molecule has 0 aliphatic rings. The van der Waals surface area contributed by atoms with Gasteiger partial charge in [0, 0.05) is 16.6 Å². The number of alkyl carbamates (subject to hydrolysis) is 1. The van der Waals surface area contributed by atoms with Crippen molar-refractivity contribution in [3.8, 4) is 0 Å². The number of unbranched alkanes of at least 4 members (excludes halogenated alkanes) is 2. The van der Waals surface area contributed by atoms with Gasteiger partial charge in [0.05, 0.1) is 12.5 Å². The van der Waals surface area contributed by atoms with Gasteiger partial charge in [0.2, 0.25) is 0 Å². The summed E-state index contributed by atoms with van der Waals surface area (Å²) in [5, 5.41) is 13.2. The van der Waals surface area contributed by atoms with Crippen LogP contribution in [-0.4, -0.2) is 27.8 Å². The monoisotopic (exact) mass is 374 g/mol. The maximum atomic E-state index is 12.4. The van der Waals surface area contributed by atoms with Crippen LogP contribution in [0.5, 0.6) is 0 Å². The molecule has 6 nitrogen and oxygen atoms in total. The van der Waals surface area contributed by atoms with Crippen molar-refractivity contribution in [2.75, 3.05) is 0 Å². The number of aromatic nitrogens is 1. The van der Waals surface area contributed by atoms with E-state index in [0.717, 1.165) is 41.4 Å². The highest BCUT2D eigenvalue weighted by Crippen LogP contribution is 2.30. The quantitative estimate of drug-likeness (QED) is 0.571. The molecule has 0 bridgehead atoms. The summed E-state index contributed by atoms with van der Waals surface area (Å²) in [6.45, 7) is 7.57. The van der Waals surface area contributed by atoms with Crippen molar-refractivity contribution < 1.29 is 19.4 Å². The number of carbonyl (C=O) groups is 2. The lowest BCUT2D eigenvalue weighted by Crippen LogP contribution is -2.35. The Morgan fingerprint density at radius 3 is 2.56 bits per heavy atom. The zero-order valence-corrected chi connectivity index (χ0v) is 16.6. The van der Waals surface area contributed by atoms with Crippen LogP contribution in [0.4, 0.5) is 4.79 Å². The largest absolute Gasteiger partial charge is 0.481 e. The minimum atomic E-state index is -0.898. The molecule has 1 aromatic heterocycles. The lowest BCUT2D eigenvalue weighted by atomic mass is 9.99. The third kappa shape index (κ3) is 6.01. The molecule has 6 heteroatoms. The first-order valence-corrected chi connectivity index (χ1v) is 9.52. The number of benzene rings is 1. The Morgan fingerprint density at radius 1 is 1.22 bits per heavy atom. The van der Waals surface area contributed by atoms with Crippen LogP contribution in [-0.2, 0) is 16.0 Å². The second kappa shape index (κ2) is 8.93. The Hall–Kier alpha value is -2.50. The van der Waals surface area contributed by atoms with Crippen LogP contribution >= 0.6 is 0 Å². The molecule has 0 radical (unpaired) electrons. The lowest BCUT2D eigenvalue weighted by molar-refractivity contribution is -0.136. The average Bonchev–Trinajstić information content (AvgIpc) is 2.90. The molecule has 0 fully saturated rings. The number of aromatic amines is 1. The number of amides is 1. The van der Waals surface area contributed by atoms with Gasteiger partial charge in [-0.05, 0) is 38.8 Å². The number of H-pyrrole nitrogens is 1. The molecule has 2 rings (SSSR count). The van der Waals surface area contributed by atoms with Gasteiger partial charge in [-0.2, -0.15) is 0 Å². The molecule has 0 saturated carbocycles. The van der Waals surface area contributed by atoms with Crippen molar-refractivity contribution >= 4 is 23.0 Å². The van der Waals surface area contributed by atoms with Gasteiger partial charge < -0.3 is 20.1 Å². The third-order valence-corrected chi connectivity index (χ3v) is 4.31. The van der Waals surface area contributed by atoms with E-state index in [9.17, 15) is 14.7 Å². The Labute approximate surface area is 160 Å². The zero-order chi connectivity index (χ0) is 20.0. The molecular formula is C21H30N2O4. The van der Waals surface area contributed by atoms with E-state index < -0.39 is 17.7 Å². The average molecular weight is 374 g/mol. The first-order valence-electron chi connectivity index (χ1n) is 9.52. The first-order chi connectivity index (χ1) is 12.7. The number of rotatable bonds is 8. The number of aliphatic carboxylic acids is 1. The highest BCUT2D eigenvalue weighted by Gasteiger charge is 2.25. The van der Waals surface area contributed by atoms with E-state index in [-0.39, 0.29) is 12.5 Å². The molecule has 2 aromatic rings. The summed E-state index contributed by atoms with van der Waals surface area (Å²) in [5.41, 5.74) is 1.74. The van der Waals surface area contributed by atoms with E-state index in [4.69, 9.17) is 4.74 Å². The summed E-state index contributed by atoms with van der Waals surface area (Å²) in [5.74, 6) is -0.898. The summed E-state index contributed by atoms with van der Waals surface area (Å²) in [7, 11) is 0. The summed E-state index contributed by atoms with van der Waals surface area (Å²) < 4.78 is 5.41. The van der Waals surface area contributed by atoms with Crippen molar-refractivity contribution in [3.05, 3.63) is 35.5 Å². The van der Waals surface area contributed by atoms with Crippen LogP contribution < -0.4 is 5.32 Å². The van der Waals surface area contributed by atoms with E-state index >= 15 is 0 Å². The smallest absolute Gasteiger partial charge is 0.408 e. The first kappa shape index (κ1) is 20.8. The van der Waals surface area contributed by atoms with E-state index in [2.05, 4.69) is 17.2 Å². The Bertz CT molecular complexity index is 789. The second-order valence-corrected chi connectivity index (χ2v) is 7.83. The molecule has 0 aliphatic carbocycles. The number of fused-ring (bicyclic) bond motifs is 1. The molecule has 0 aliphatic heterocycles. The molecule has 0 spiro atoms. The van der Waals surface area contributed by atoms with Crippen LogP contribution in [0.15, 0.2) is 24.3 Å². The van der Waals surface area contributed by atoms with Crippen LogP contribution in [0.3, 0.4) is 0 Å². The van der Waals surface area contributed by atoms with Crippen LogP contribution in [0.1, 0.15) is 70.7 Å². The molecule has 1 heterocycles. The fraction of sp³-hybridized carbons (Fsp3) is 0.524. The highest BCUT2D eigenvalue weighted by molar-refractivity contribution is 5.88. The fourth-order valence-corrected chi connectivity index (χ4v) is 3.20. The van der Waals surface area contributed by atoms with Crippen LogP contribution in [0, 0.1) is 0 Å². The summed E-state index contributed by atoms with van der Waals surface area (Å²) in [6, 6.07) is 7.29. The second-order valence-electron chi connectivity index (χ2n) is 7.83.